The molecule has 0 aliphatic heterocycles. The molecule has 0 saturated carbocycles. The monoisotopic (exact) mass is 163 g/mol. The number of carboxylic acids is 1. The Bertz CT molecular complexity index is 160. The average molecular weight is 163 g/mol. The molecule has 0 saturated heterocycles. The second kappa shape index (κ2) is 4.65. The number of hydrogen-bond donors (Lipinski definition) is 2. The molecular weight excluding hydrogens is 153 g/mol. The summed E-state index contributed by atoms with van der Waals surface area (Å²) in [6.45, 7) is 0.418. The second-order valence-corrected chi connectivity index (χ2v) is 2.00. The molecule has 0 bridgehead atoms. The van der Waals surface area contributed by atoms with Crippen LogP contribution in [0.5, 0.6) is 0 Å². The van der Waals surface area contributed by atoms with Crippen LogP contribution >= 0.6 is 0 Å². The number of alkyl halides is 1. The topological polar surface area (TPSA) is 66.4 Å². The molecule has 0 rings (SSSR count). The number of amides is 1. The smallest absolute Gasteiger partial charge is 0.326 e. The molecule has 0 radical (unpaired) electrons. The highest BCUT2D eigenvalue weighted by Crippen LogP contribution is 1.90. The molecule has 0 aromatic carbocycles. The molecule has 1 unspecified atom stereocenters. The van der Waals surface area contributed by atoms with Crippen LogP contribution in [0.1, 0.15) is 13.3 Å². The van der Waals surface area contributed by atoms with Crippen molar-refractivity contribution in [3.05, 3.63) is 0 Å². The maximum atomic E-state index is 11.5. The van der Waals surface area contributed by atoms with Gasteiger partial charge in [-0.3, -0.25) is 4.79 Å². The molecule has 0 aromatic rings. The van der Waals surface area contributed by atoms with Crippen LogP contribution in [0.4, 0.5) is 4.39 Å². The SMILES string of the molecule is CCC(NC(=O)CF)C(=O)O. The van der Waals surface area contributed by atoms with E-state index in [4.69, 9.17) is 5.11 Å². The van der Waals surface area contributed by atoms with Gasteiger partial charge in [-0.15, -0.1) is 0 Å². The molecule has 64 valence electrons. The lowest BCUT2D eigenvalue weighted by molar-refractivity contribution is -0.142. The first-order valence-corrected chi connectivity index (χ1v) is 3.20. The van der Waals surface area contributed by atoms with Gasteiger partial charge in [0.25, 0.3) is 5.91 Å². The van der Waals surface area contributed by atoms with Crippen molar-refractivity contribution in [1.29, 1.82) is 0 Å². The van der Waals surface area contributed by atoms with E-state index in [9.17, 15) is 14.0 Å². The molecule has 0 aromatic heterocycles. The van der Waals surface area contributed by atoms with Crippen molar-refractivity contribution in [2.75, 3.05) is 6.67 Å². The van der Waals surface area contributed by atoms with Crippen LogP contribution in [0.15, 0.2) is 0 Å². The number of halogens is 1. The van der Waals surface area contributed by atoms with Crippen molar-refractivity contribution >= 4 is 11.9 Å². The summed E-state index contributed by atoms with van der Waals surface area (Å²) < 4.78 is 11.5. The lowest BCUT2D eigenvalue weighted by Gasteiger charge is -2.09. The van der Waals surface area contributed by atoms with E-state index in [2.05, 4.69) is 0 Å². The lowest BCUT2D eigenvalue weighted by atomic mass is 10.2. The Morgan fingerprint density at radius 2 is 2.18 bits per heavy atom. The third-order valence-electron chi connectivity index (χ3n) is 1.16. The minimum absolute atomic E-state index is 0.251. The summed E-state index contributed by atoms with van der Waals surface area (Å²) >= 11 is 0. The predicted molar refractivity (Wildman–Crippen MR) is 35.8 cm³/mol. The summed E-state index contributed by atoms with van der Waals surface area (Å²) in [7, 11) is 0. The maximum Gasteiger partial charge on any atom is 0.326 e. The molecule has 5 heteroatoms. The summed E-state index contributed by atoms with van der Waals surface area (Å²) in [6, 6.07) is -0.974. The summed E-state index contributed by atoms with van der Waals surface area (Å²) in [4.78, 5) is 20.6. The van der Waals surface area contributed by atoms with Gasteiger partial charge in [0.2, 0.25) is 0 Å². The Morgan fingerprint density at radius 3 is 2.45 bits per heavy atom. The minimum atomic E-state index is -1.18. The van der Waals surface area contributed by atoms with Crippen LogP contribution in [0.2, 0.25) is 0 Å². The fourth-order valence-electron chi connectivity index (χ4n) is 0.571. The highest BCUT2D eigenvalue weighted by molar-refractivity contribution is 5.83. The van der Waals surface area contributed by atoms with Crippen molar-refractivity contribution in [3.63, 3.8) is 0 Å². The Labute approximate surface area is 63.4 Å². The van der Waals surface area contributed by atoms with Crippen molar-refractivity contribution < 1.29 is 19.1 Å². The molecule has 0 heterocycles. The van der Waals surface area contributed by atoms with E-state index in [1.54, 1.807) is 6.92 Å². The average Bonchev–Trinajstić information content (AvgIpc) is 1.99. The summed E-state index contributed by atoms with van der Waals surface area (Å²) in [5.41, 5.74) is 0. The molecule has 1 amide bonds. The molecule has 4 nitrogen and oxygen atoms in total. The van der Waals surface area contributed by atoms with Crippen molar-refractivity contribution in [3.8, 4) is 0 Å². The van der Waals surface area contributed by atoms with E-state index in [0.717, 1.165) is 0 Å². The Hall–Kier alpha value is -1.13. The molecule has 1 atom stereocenters. The molecule has 0 fully saturated rings. The van der Waals surface area contributed by atoms with Gasteiger partial charge in [0.1, 0.15) is 6.04 Å². The normalized spacial score (nSPS) is 12.2. The predicted octanol–water partition coefficient (Wildman–Crippen LogP) is -0.0647. The number of nitrogens with one attached hydrogen (secondary N) is 1. The first-order chi connectivity index (χ1) is 5.11. The molecule has 11 heavy (non-hydrogen) atoms. The van der Waals surface area contributed by atoms with Crippen molar-refractivity contribution in [2.24, 2.45) is 0 Å². The van der Waals surface area contributed by atoms with E-state index in [1.807, 2.05) is 5.32 Å². The fourth-order valence-corrected chi connectivity index (χ4v) is 0.571. The molecular formula is C6H10FNO3. The van der Waals surface area contributed by atoms with Crippen molar-refractivity contribution in [2.45, 2.75) is 19.4 Å². The zero-order valence-electron chi connectivity index (χ0n) is 6.13. The van der Waals surface area contributed by atoms with Crippen molar-refractivity contribution in [1.82, 2.24) is 5.32 Å². The molecule has 2 N–H and O–H groups in total. The zero-order chi connectivity index (χ0) is 8.85. The van der Waals surface area contributed by atoms with Crippen LogP contribution in [-0.2, 0) is 9.59 Å². The minimum Gasteiger partial charge on any atom is -0.480 e. The largest absolute Gasteiger partial charge is 0.480 e. The third-order valence-corrected chi connectivity index (χ3v) is 1.16. The first kappa shape index (κ1) is 9.87. The Morgan fingerprint density at radius 1 is 1.64 bits per heavy atom. The molecule has 0 spiro atoms. The second-order valence-electron chi connectivity index (χ2n) is 2.00. The lowest BCUT2D eigenvalue weighted by Crippen LogP contribution is -2.40. The van der Waals surface area contributed by atoms with E-state index in [0.29, 0.717) is 0 Å². The summed E-state index contributed by atoms with van der Waals surface area (Å²) in [5.74, 6) is -2.03. The number of carboxylic acid groups (broad SMARTS) is 1. The van der Waals surface area contributed by atoms with Gasteiger partial charge < -0.3 is 10.4 Å². The third kappa shape index (κ3) is 3.54. The molecule has 0 aliphatic carbocycles. The molecule has 0 aliphatic rings. The van der Waals surface area contributed by atoms with Crippen LogP contribution in [0, 0.1) is 0 Å². The fraction of sp³-hybridized carbons (Fsp3) is 0.667. The van der Waals surface area contributed by atoms with E-state index in [1.165, 1.54) is 0 Å². The number of carbonyl (C=O) groups excluding carboxylic acids is 1. The van der Waals surface area contributed by atoms with Gasteiger partial charge in [0, 0.05) is 0 Å². The van der Waals surface area contributed by atoms with Crippen LogP contribution in [-0.4, -0.2) is 29.7 Å². The standard InChI is InChI=1S/C6H10FNO3/c1-2-4(6(10)11)8-5(9)3-7/h4H,2-3H2,1H3,(H,8,9)(H,10,11). The Kier molecular flexibility index (Phi) is 4.17. The van der Waals surface area contributed by atoms with Gasteiger partial charge in [-0.05, 0) is 6.42 Å². The van der Waals surface area contributed by atoms with Crippen LogP contribution in [0.3, 0.4) is 0 Å². The first-order valence-electron chi connectivity index (χ1n) is 3.20. The number of carbonyl (C=O) groups is 2. The quantitative estimate of drug-likeness (QED) is 0.609. The maximum absolute atomic E-state index is 11.5. The van der Waals surface area contributed by atoms with Gasteiger partial charge in [-0.2, -0.15) is 0 Å². The number of aliphatic carboxylic acids is 1. The summed E-state index contributed by atoms with van der Waals surface area (Å²) in [6.07, 6.45) is 0.251. The highest BCUT2D eigenvalue weighted by atomic mass is 19.1. The number of hydrogen-bond acceptors (Lipinski definition) is 2. The van der Waals surface area contributed by atoms with Gasteiger partial charge in [-0.1, -0.05) is 6.92 Å². The van der Waals surface area contributed by atoms with Gasteiger partial charge in [-0.25, -0.2) is 9.18 Å². The van der Waals surface area contributed by atoms with Crippen LogP contribution < -0.4 is 5.32 Å². The van der Waals surface area contributed by atoms with Gasteiger partial charge in [0.05, 0.1) is 0 Å². The Balaban J connectivity index is 3.88. The van der Waals surface area contributed by atoms with E-state index < -0.39 is 24.6 Å². The zero-order valence-corrected chi connectivity index (χ0v) is 6.13. The van der Waals surface area contributed by atoms with E-state index in [-0.39, 0.29) is 6.42 Å². The number of rotatable bonds is 4. The summed E-state index contributed by atoms with van der Waals surface area (Å²) in [5, 5.41) is 10.4. The van der Waals surface area contributed by atoms with Crippen LogP contribution in [0.25, 0.3) is 0 Å². The van der Waals surface area contributed by atoms with Gasteiger partial charge >= 0.3 is 5.97 Å². The highest BCUT2D eigenvalue weighted by Gasteiger charge is 2.16. The van der Waals surface area contributed by atoms with Gasteiger partial charge in [0.15, 0.2) is 6.67 Å². The van der Waals surface area contributed by atoms with E-state index >= 15 is 0 Å².